The topological polar surface area (TPSA) is 52.3 Å². The Bertz CT molecular complexity index is 350. The van der Waals surface area contributed by atoms with E-state index in [4.69, 9.17) is 5.73 Å². The van der Waals surface area contributed by atoms with Gasteiger partial charge in [0.15, 0.2) is 0 Å². The molecule has 0 heterocycles. The van der Waals surface area contributed by atoms with E-state index in [2.05, 4.69) is 4.74 Å². The van der Waals surface area contributed by atoms with E-state index in [1.807, 2.05) is 19.9 Å². The van der Waals surface area contributed by atoms with Gasteiger partial charge in [0, 0.05) is 5.69 Å². The molecular formula is C10H14ClNO2. The Morgan fingerprint density at radius 1 is 1.36 bits per heavy atom. The van der Waals surface area contributed by atoms with Crippen molar-refractivity contribution in [2.45, 2.75) is 13.8 Å². The van der Waals surface area contributed by atoms with Gasteiger partial charge < -0.3 is 10.5 Å². The fourth-order valence-corrected chi connectivity index (χ4v) is 1.20. The Labute approximate surface area is 89.7 Å². The molecule has 0 saturated carbocycles. The summed E-state index contributed by atoms with van der Waals surface area (Å²) in [6, 6.07) is 3.54. The molecule has 0 aliphatic rings. The second kappa shape index (κ2) is 4.86. The van der Waals surface area contributed by atoms with Gasteiger partial charge in [-0.05, 0) is 31.0 Å². The van der Waals surface area contributed by atoms with E-state index >= 15 is 0 Å². The Balaban J connectivity index is 0.00000169. The summed E-state index contributed by atoms with van der Waals surface area (Å²) in [6.07, 6.45) is 0. The summed E-state index contributed by atoms with van der Waals surface area (Å²) in [5.41, 5.74) is 8.72. The van der Waals surface area contributed by atoms with Crippen molar-refractivity contribution in [2.24, 2.45) is 0 Å². The van der Waals surface area contributed by atoms with Gasteiger partial charge >= 0.3 is 5.97 Å². The molecule has 0 amide bonds. The van der Waals surface area contributed by atoms with E-state index in [-0.39, 0.29) is 18.4 Å². The van der Waals surface area contributed by atoms with Crippen LogP contribution >= 0.6 is 12.4 Å². The Kier molecular flexibility index (Phi) is 4.44. The molecule has 0 unspecified atom stereocenters. The van der Waals surface area contributed by atoms with Crippen LogP contribution in [0.1, 0.15) is 21.5 Å². The van der Waals surface area contributed by atoms with Crippen molar-refractivity contribution in [1.29, 1.82) is 0 Å². The zero-order valence-electron chi connectivity index (χ0n) is 8.46. The van der Waals surface area contributed by atoms with Crippen molar-refractivity contribution in [1.82, 2.24) is 0 Å². The van der Waals surface area contributed by atoms with Crippen molar-refractivity contribution in [3.63, 3.8) is 0 Å². The quantitative estimate of drug-likeness (QED) is 0.577. The number of benzene rings is 1. The van der Waals surface area contributed by atoms with E-state index in [1.54, 1.807) is 6.07 Å². The predicted molar refractivity (Wildman–Crippen MR) is 58.9 cm³/mol. The van der Waals surface area contributed by atoms with Gasteiger partial charge in [0.2, 0.25) is 0 Å². The maximum absolute atomic E-state index is 11.2. The molecule has 0 aliphatic carbocycles. The lowest BCUT2D eigenvalue weighted by Crippen LogP contribution is -2.06. The monoisotopic (exact) mass is 215 g/mol. The number of rotatable bonds is 1. The molecule has 0 bridgehead atoms. The molecule has 14 heavy (non-hydrogen) atoms. The van der Waals surface area contributed by atoms with Crippen LogP contribution < -0.4 is 5.73 Å². The van der Waals surface area contributed by atoms with Crippen LogP contribution in [0, 0.1) is 13.8 Å². The molecular weight excluding hydrogens is 202 g/mol. The summed E-state index contributed by atoms with van der Waals surface area (Å²) in [5.74, 6) is -0.343. The van der Waals surface area contributed by atoms with Crippen LogP contribution in [-0.2, 0) is 4.74 Å². The number of esters is 1. The van der Waals surface area contributed by atoms with Crippen LogP contribution in [0.25, 0.3) is 0 Å². The highest BCUT2D eigenvalue weighted by Crippen LogP contribution is 2.20. The summed E-state index contributed by atoms with van der Waals surface area (Å²) >= 11 is 0. The lowest BCUT2D eigenvalue weighted by Gasteiger charge is -2.08. The predicted octanol–water partition coefficient (Wildman–Crippen LogP) is 2.09. The van der Waals surface area contributed by atoms with E-state index in [0.717, 1.165) is 11.1 Å². The highest BCUT2D eigenvalue weighted by molar-refractivity contribution is 5.92. The number of carbonyl (C=O) groups excluding carboxylic acids is 1. The Hall–Kier alpha value is -1.22. The van der Waals surface area contributed by atoms with Crippen LogP contribution in [0.2, 0.25) is 0 Å². The molecule has 2 N–H and O–H groups in total. The SMILES string of the molecule is COC(=O)c1ccc(C)c(N)c1C.Cl. The summed E-state index contributed by atoms with van der Waals surface area (Å²) < 4.78 is 4.62. The molecule has 0 radical (unpaired) electrons. The van der Waals surface area contributed by atoms with Crippen molar-refractivity contribution < 1.29 is 9.53 Å². The second-order valence-corrected chi connectivity index (χ2v) is 2.96. The molecule has 1 aromatic carbocycles. The highest BCUT2D eigenvalue weighted by atomic mass is 35.5. The van der Waals surface area contributed by atoms with Gasteiger partial charge in [0.1, 0.15) is 0 Å². The second-order valence-electron chi connectivity index (χ2n) is 2.96. The van der Waals surface area contributed by atoms with Gasteiger partial charge in [-0.2, -0.15) is 0 Å². The number of carbonyl (C=O) groups is 1. The van der Waals surface area contributed by atoms with E-state index < -0.39 is 0 Å². The number of methoxy groups -OCH3 is 1. The number of anilines is 1. The molecule has 0 fully saturated rings. The third-order valence-corrected chi connectivity index (χ3v) is 2.14. The van der Waals surface area contributed by atoms with Gasteiger partial charge in [-0.1, -0.05) is 6.07 Å². The zero-order valence-corrected chi connectivity index (χ0v) is 9.27. The first-order valence-corrected chi connectivity index (χ1v) is 4.02. The van der Waals surface area contributed by atoms with Crippen LogP contribution in [0.3, 0.4) is 0 Å². The minimum Gasteiger partial charge on any atom is -0.465 e. The number of aryl methyl sites for hydroxylation is 1. The van der Waals surface area contributed by atoms with Crippen LogP contribution in [0.15, 0.2) is 12.1 Å². The summed E-state index contributed by atoms with van der Waals surface area (Å²) in [7, 11) is 1.36. The van der Waals surface area contributed by atoms with Gasteiger partial charge in [-0.3, -0.25) is 0 Å². The summed E-state index contributed by atoms with van der Waals surface area (Å²) in [4.78, 5) is 11.2. The number of hydrogen-bond donors (Lipinski definition) is 1. The van der Waals surface area contributed by atoms with Gasteiger partial charge in [0.05, 0.1) is 12.7 Å². The van der Waals surface area contributed by atoms with E-state index in [9.17, 15) is 4.79 Å². The number of nitrogen functional groups attached to an aromatic ring is 1. The van der Waals surface area contributed by atoms with Gasteiger partial charge in [-0.25, -0.2) is 4.79 Å². The molecule has 0 aliphatic heterocycles. The van der Waals surface area contributed by atoms with Crippen LogP contribution in [0.5, 0.6) is 0 Å². The van der Waals surface area contributed by atoms with E-state index in [0.29, 0.717) is 11.3 Å². The third kappa shape index (κ3) is 2.17. The number of halogens is 1. The number of hydrogen-bond acceptors (Lipinski definition) is 3. The maximum Gasteiger partial charge on any atom is 0.338 e. The largest absolute Gasteiger partial charge is 0.465 e. The maximum atomic E-state index is 11.2. The minimum absolute atomic E-state index is 0. The molecule has 0 spiro atoms. The zero-order chi connectivity index (χ0) is 10.0. The summed E-state index contributed by atoms with van der Waals surface area (Å²) in [5, 5.41) is 0. The molecule has 1 aromatic rings. The molecule has 1 rings (SSSR count). The Morgan fingerprint density at radius 2 is 1.93 bits per heavy atom. The molecule has 0 atom stereocenters. The smallest absolute Gasteiger partial charge is 0.338 e. The number of ether oxygens (including phenoxy) is 1. The first-order chi connectivity index (χ1) is 6.07. The molecule has 4 heteroatoms. The number of nitrogens with two attached hydrogens (primary N) is 1. The van der Waals surface area contributed by atoms with Crippen molar-refractivity contribution in [3.8, 4) is 0 Å². The van der Waals surface area contributed by atoms with Crippen molar-refractivity contribution in [2.75, 3.05) is 12.8 Å². The Morgan fingerprint density at radius 3 is 2.43 bits per heavy atom. The fraction of sp³-hybridized carbons (Fsp3) is 0.300. The van der Waals surface area contributed by atoms with Crippen LogP contribution in [-0.4, -0.2) is 13.1 Å². The van der Waals surface area contributed by atoms with Gasteiger partial charge in [0.25, 0.3) is 0 Å². The fourth-order valence-electron chi connectivity index (χ4n) is 1.20. The van der Waals surface area contributed by atoms with E-state index in [1.165, 1.54) is 7.11 Å². The summed E-state index contributed by atoms with van der Waals surface area (Å²) in [6.45, 7) is 3.72. The molecule has 0 saturated heterocycles. The van der Waals surface area contributed by atoms with Crippen molar-refractivity contribution >= 4 is 24.1 Å². The average molecular weight is 216 g/mol. The molecule has 78 valence electrons. The molecule has 0 aromatic heterocycles. The normalized spacial score (nSPS) is 9.07. The third-order valence-electron chi connectivity index (χ3n) is 2.14. The lowest BCUT2D eigenvalue weighted by molar-refractivity contribution is 0.0600. The van der Waals surface area contributed by atoms with Crippen LogP contribution in [0.4, 0.5) is 5.69 Å². The first kappa shape index (κ1) is 12.8. The highest BCUT2D eigenvalue weighted by Gasteiger charge is 2.11. The van der Waals surface area contributed by atoms with Gasteiger partial charge in [-0.15, -0.1) is 12.4 Å². The average Bonchev–Trinajstić information content (AvgIpc) is 2.13. The first-order valence-electron chi connectivity index (χ1n) is 4.02. The molecule has 3 nitrogen and oxygen atoms in total. The standard InChI is InChI=1S/C10H13NO2.ClH/c1-6-4-5-8(10(12)13-3)7(2)9(6)11;/h4-5H,11H2,1-3H3;1H. The van der Waals surface area contributed by atoms with Crippen molar-refractivity contribution in [3.05, 3.63) is 28.8 Å². The lowest BCUT2D eigenvalue weighted by atomic mass is 10.0. The minimum atomic E-state index is -0.343.